The number of halogens is 2. The molecular formula is C20H19F2N5O. The summed E-state index contributed by atoms with van der Waals surface area (Å²) in [5.74, 6) is -0.934. The largest absolute Gasteiger partial charge is 0.339 e. The van der Waals surface area contributed by atoms with Crippen LogP contribution in [0.15, 0.2) is 54.9 Å². The summed E-state index contributed by atoms with van der Waals surface area (Å²) < 4.78 is 30.1. The van der Waals surface area contributed by atoms with Crippen molar-refractivity contribution in [1.82, 2.24) is 25.1 Å². The van der Waals surface area contributed by atoms with Crippen molar-refractivity contribution in [3.05, 3.63) is 71.8 Å². The molecule has 1 aliphatic heterocycles. The van der Waals surface area contributed by atoms with Crippen molar-refractivity contribution in [1.29, 1.82) is 0 Å². The highest BCUT2D eigenvalue weighted by Crippen LogP contribution is 2.35. The van der Waals surface area contributed by atoms with Gasteiger partial charge in [-0.1, -0.05) is 24.3 Å². The Balaban J connectivity index is 1.42. The van der Waals surface area contributed by atoms with Crippen molar-refractivity contribution in [3.8, 4) is 5.69 Å². The van der Waals surface area contributed by atoms with Gasteiger partial charge in [0, 0.05) is 24.2 Å². The van der Waals surface area contributed by atoms with Crippen molar-refractivity contribution in [2.75, 3.05) is 13.1 Å². The first kappa shape index (κ1) is 18.2. The molecule has 0 aliphatic carbocycles. The fourth-order valence-electron chi connectivity index (χ4n) is 3.59. The van der Waals surface area contributed by atoms with Gasteiger partial charge < -0.3 is 4.90 Å². The zero-order valence-corrected chi connectivity index (χ0v) is 15.1. The minimum Gasteiger partial charge on any atom is -0.339 e. The molecule has 144 valence electrons. The van der Waals surface area contributed by atoms with Crippen LogP contribution < -0.4 is 0 Å². The van der Waals surface area contributed by atoms with Gasteiger partial charge in [0.2, 0.25) is 0 Å². The lowest BCUT2D eigenvalue weighted by Gasteiger charge is -2.33. The molecule has 1 saturated heterocycles. The van der Waals surface area contributed by atoms with Crippen LogP contribution in [0, 0.1) is 11.7 Å². The fraction of sp³-hybridized carbons (Fsp3) is 0.300. The molecule has 0 radical (unpaired) electrons. The van der Waals surface area contributed by atoms with E-state index >= 15 is 0 Å². The van der Waals surface area contributed by atoms with Crippen LogP contribution in [0.5, 0.6) is 0 Å². The van der Waals surface area contributed by atoms with E-state index in [4.69, 9.17) is 0 Å². The lowest BCUT2D eigenvalue weighted by Crippen LogP contribution is -2.39. The topological polar surface area (TPSA) is 63.9 Å². The highest BCUT2D eigenvalue weighted by atomic mass is 19.1. The van der Waals surface area contributed by atoms with Gasteiger partial charge in [-0.25, -0.2) is 13.5 Å². The molecule has 1 aromatic heterocycles. The van der Waals surface area contributed by atoms with E-state index in [0.29, 0.717) is 37.2 Å². The van der Waals surface area contributed by atoms with Crippen LogP contribution >= 0.6 is 0 Å². The number of alkyl halides is 1. The number of carbonyl (C=O) groups excluding carboxylic acids is 1. The number of benzene rings is 2. The predicted molar refractivity (Wildman–Crippen MR) is 98.0 cm³/mol. The summed E-state index contributed by atoms with van der Waals surface area (Å²) in [5.41, 5.74) is 1.31. The third-order valence-electron chi connectivity index (χ3n) is 5.15. The number of aromatic nitrogens is 4. The molecule has 0 N–H and O–H groups in total. The molecule has 3 aromatic rings. The lowest BCUT2D eigenvalue weighted by molar-refractivity contribution is 0.0627. The maximum atomic E-state index is 14.8. The van der Waals surface area contributed by atoms with E-state index in [9.17, 15) is 13.6 Å². The molecule has 0 spiro atoms. The Morgan fingerprint density at radius 2 is 1.89 bits per heavy atom. The highest BCUT2D eigenvalue weighted by Gasteiger charge is 2.31. The summed E-state index contributed by atoms with van der Waals surface area (Å²) >= 11 is 0. The number of nitrogens with zero attached hydrogens (tertiary/aromatic N) is 5. The van der Waals surface area contributed by atoms with Gasteiger partial charge in [0.05, 0.1) is 5.69 Å². The number of likely N-dealkylation sites (tertiary alicyclic amines) is 1. The first-order valence-corrected chi connectivity index (χ1v) is 9.14. The van der Waals surface area contributed by atoms with Crippen LogP contribution in [-0.4, -0.2) is 44.1 Å². The SMILES string of the molecule is O=C(c1cccc(-n2cnnn2)c1)N1CCC(C(F)c2ccccc2F)CC1. The first-order valence-electron chi connectivity index (χ1n) is 9.14. The van der Waals surface area contributed by atoms with E-state index in [1.807, 2.05) is 6.07 Å². The standard InChI is InChI=1S/C20H19F2N5O/c21-18-7-2-1-6-17(18)19(22)14-8-10-26(11-9-14)20(28)15-4-3-5-16(12-15)27-13-23-24-25-27/h1-7,12-14,19H,8-11H2. The van der Waals surface area contributed by atoms with Gasteiger partial charge in [-0.05, 0) is 53.5 Å². The molecule has 1 atom stereocenters. The molecule has 2 aromatic carbocycles. The second-order valence-electron chi connectivity index (χ2n) is 6.86. The Morgan fingerprint density at radius 3 is 2.61 bits per heavy atom. The number of hydrogen-bond acceptors (Lipinski definition) is 4. The summed E-state index contributed by atoms with van der Waals surface area (Å²) in [5, 5.41) is 11.0. The predicted octanol–water partition coefficient (Wildman–Crippen LogP) is 3.36. The molecule has 1 unspecified atom stereocenters. The van der Waals surface area contributed by atoms with E-state index < -0.39 is 12.0 Å². The summed E-state index contributed by atoms with van der Waals surface area (Å²) in [6.45, 7) is 0.876. The van der Waals surface area contributed by atoms with Crippen molar-refractivity contribution < 1.29 is 13.6 Å². The van der Waals surface area contributed by atoms with Gasteiger partial charge in [-0.15, -0.1) is 5.10 Å². The Labute approximate surface area is 160 Å². The second kappa shape index (κ2) is 7.84. The minimum absolute atomic E-state index is 0.0985. The Hall–Kier alpha value is -3.16. The van der Waals surface area contributed by atoms with Gasteiger partial charge in [0.1, 0.15) is 18.3 Å². The van der Waals surface area contributed by atoms with E-state index in [1.54, 1.807) is 35.2 Å². The van der Waals surface area contributed by atoms with Crippen LogP contribution in [0.4, 0.5) is 8.78 Å². The quantitative estimate of drug-likeness (QED) is 0.693. The number of amides is 1. The number of hydrogen-bond donors (Lipinski definition) is 0. The first-order chi connectivity index (χ1) is 13.6. The van der Waals surface area contributed by atoms with Gasteiger partial charge in [0.25, 0.3) is 5.91 Å². The van der Waals surface area contributed by atoms with E-state index in [1.165, 1.54) is 23.1 Å². The molecule has 4 rings (SSSR count). The van der Waals surface area contributed by atoms with Crippen LogP contribution in [0.25, 0.3) is 5.69 Å². The van der Waals surface area contributed by atoms with E-state index in [2.05, 4.69) is 15.5 Å². The number of piperidine rings is 1. The summed E-state index contributed by atoms with van der Waals surface area (Å²) in [4.78, 5) is 14.5. The third kappa shape index (κ3) is 3.62. The molecule has 2 heterocycles. The summed E-state index contributed by atoms with van der Waals surface area (Å²) in [7, 11) is 0. The van der Waals surface area contributed by atoms with Gasteiger partial charge in [-0.2, -0.15) is 0 Å². The van der Waals surface area contributed by atoms with Crippen LogP contribution in [0.3, 0.4) is 0 Å². The zero-order chi connectivity index (χ0) is 19.5. The maximum absolute atomic E-state index is 14.8. The third-order valence-corrected chi connectivity index (χ3v) is 5.15. The smallest absolute Gasteiger partial charge is 0.253 e. The Kier molecular flexibility index (Phi) is 5.10. The van der Waals surface area contributed by atoms with E-state index in [-0.39, 0.29) is 17.4 Å². The molecule has 1 amide bonds. The van der Waals surface area contributed by atoms with Gasteiger partial charge in [-0.3, -0.25) is 4.79 Å². The fourth-order valence-corrected chi connectivity index (χ4v) is 3.59. The summed E-state index contributed by atoms with van der Waals surface area (Å²) in [6.07, 6.45) is 1.09. The van der Waals surface area contributed by atoms with Crippen LogP contribution in [-0.2, 0) is 0 Å². The Bertz CT molecular complexity index is 955. The molecular weight excluding hydrogens is 364 g/mol. The van der Waals surface area contributed by atoms with Gasteiger partial charge in [0.15, 0.2) is 0 Å². The average molecular weight is 383 g/mol. The number of tetrazole rings is 1. The number of carbonyl (C=O) groups is 1. The molecule has 1 aliphatic rings. The molecule has 1 fully saturated rings. The molecule has 28 heavy (non-hydrogen) atoms. The number of rotatable bonds is 4. The van der Waals surface area contributed by atoms with Crippen molar-refractivity contribution in [2.24, 2.45) is 5.92 Å². The molecule has 8 heteroatoms. The molecule has 6 nitrogen and oxygen atoms in total. The molecule has 0 saturated carbocycles. The van der Waals surface area contributed by atoms with Crippen molar-refractivity contribution in [3.63, 3.8) is 0 Å². The minimum atomic E-state index is -1.36. The maximum Gasteiger partial charge on any atom is 0.253 e. The average Bonchev–Trinajstić information content (AvgIpc) is 3.28. The lowest BCUT2D eigenvalue weighted by atomic mass is 9.88. The second-order valence-corrected chi connectivity index (χ2v) is 6.86. The van der Waals surface area contributed by atoms with E-state index in [0.717, 1.165) is 0 Å². The zero-order valence-electron chi connectivity index (χ0n) is 15.1. The highest BCUT2D eigenvalue weighted by molar-refractivity contribution is 5.94. The van der Waals surface area contributed by atoms with Crippen molar-refractivity contribution in [2.45, 2.75) is 19.0 Å². The van der Waals surface area contributed by atoms with Crippen molar-refractivity contribution >= 4 is 5.91 Å². The van der Waals surface area contributed by atoms with Crippen LogP contribution in [0.2, 0.25) is 0 Å². The monoisotopic (exact) mass is 383 g/mol. The van der Waals surface area contributed by atoms with Gasteiger partial charge >= 0.3 is 0 Å². The van der Waals surface area contributed by atoms with Crippen LogP contribution in [0.1, 0.15) is 34.9 Å². The Morgan fingerprint density at radius 1 is 1.11 bits per heavy atom. The molecule has 0 bridgehead atoms. The summed E-state index contributed by atoms with van der Waals surface area (Å²) in [6, 6.07) is 13.0. The normalized spacial score (nSPS) is 16.1.